The first-order valence-electron chi connectivity index (χ1n) is 38.4. The molecule has 0 spiro atoms. The minimum absolute atomic E-state index is 0.0265. The summed E-state index contributed by atoms with van der Waals surface area (Å²) in [5, 5.41) is 10.6. The number of allylic oxidation sites excluding steroid dienone is 28. The third-order valence-electron chi connectivity index (χ3n) is 15.2. The molecule has 0 bridgehead atoms. The number of carbonyl (C=O) groups excluding carboxylic acids is 4. The Kier molecular flexibility index (Phi) is 69.7. The van der Waals surface area contributed by atoms with E-state index in [-0.39, 0.29) is 25.7 Å². The van der Waals surface area contributed by atoms with Crippen molar-refractivity contribution in [3.05, 3.63) is 170 Å². The van der Waals surface area contributed by atoms with Crippen molar-refractivity contribution in [2.45, 2.75) is 290 Å². The lowest BCUT2D eigenvalue weighted by Gasteiger charge is -2.21. The average molecular weight is 1470 g/mol. The van der Waals surface area contributed by atoms with E-state index in [9.17, 15) is 43.2 Å². The van der Waals surface area contributed by atoms with Gasteiger partial charge in [0.25, 0.3) is 0 Å². The molecule has 578 valence electrons. The van der Waals surface area contributed by atoms with Gasteiger partial charge in [-0.2, -0.15) is 0 Å². The summed E-state index contributed by atoms with van der Waals surface area (Å²) in [5.41, 5.74) is 0. The minimum atomic E-state index is -5.00. The van der Waals surface area contributed by atoms with Crippen LogP contribution in [0, 0.1) is 0 Å². The zero-order valence-corrected chi connectivity index (χ0v) is 64.8. The Morgan fingerprint density at radius 2 is 0.549 bits per heavy atom. The van der Waals surface area contributed by atoms with Gasteiger partial charge in [-0.15, -0.1) is 0 Å². The van der Waals surface area contributed by atoms with Crippen LogP contribution in [0.3, 0.4) is 0 Å². The zero-order chi connectivity index (χ0) is 74.6. The van der Waals surface area contributed by atoms with Crippen LogP contribution in [0.15, 0.2) is 170 Å². The van der Waals surface area contributed by atoms with Crippen LogP contribution < -0.4 is 0 Å². The van der Waals surface area contributed by atoms with Crippen LogP contribution in [0.5, 0.6) is 0 Å². The number of unbranched alkanes of at least 4 members (excludes halogenated alkanes) is 16. The van der Waals surface area contributed by atoms with Crippen LogP contribution in [-0.4, -0.2) is 96.7 Å². The molecule has 0 amide bonds. The summed E-state index contributed by atoms with van der Waals surface area (Å²) < 4.78 is 68.3. The largest absolute Gasteiger partial charge is 0.472 e. The van der Waals surface area contributed by atoms with E-state index in [1.165, 1.54) is 38.5 Å². The first-order chi connectivity index (χ1) is 49.7. The van der Waals surface area contributed by atoms with E-state index in [0.29, 0.717) is 38.5 Å². The lowest BCUT2D eigenvalue weighted by atomic mass is 10.1. The fourth-order valence-electron chi connectivity index (χ4n) is 9.43. The van der Waals surface area contributed by atoms with Crippen molar-refractivity contribution in [1.82, 2.24) is 0 Å². The van der Waals surface area contributed by atoms with Crippen LogP contribution >= 0.6 is 15.6 Å². The molecule has 0 aliphatic rings. The number of carbonyl (C=O) groups is 4. The minimum Gasteiger partial charge on any atom is -0.462 e. The lowest BCUT2D eigenvalue weighted by molar-refractivity contribution is -0.161. The van der Waals surface area contributed by atoms with E-state index in [4.69, 9.17) is 37.0 Å². The van der Waals surface area contributed by atoms with E-state index in [2.05, 4.69) is 161 Å². The maximum absolute atomic E-state index is 13.1. The SMILES string of the molecule is CC/C=C\C/C=C\C/C=C\C/C=C\C/C=C\C/C=C\CCC(=O)OCC(COP(=O)(O)OCC(O)COP(=O)(O)OCC(COC(=O)CC/C=C\C/C=C\C/C=C\C/C=C\C/C=C\C/C=C\CC)OC(=O)CCCCCCCCCCCCC)OC(=O)CCCCCCC/C=C\C/C=C\CCC. The van der Waals surface area contributed by atoms with Gasteiger partial charge < -0.3 is 33.8 Å². The van der Waals surface area contributed by atoms with Gasteiger partial charge in [-0.1, -0.05) is 288 Å². The number of hydrogen-bond donors (Lipinski definition) is 3. The predicted octanol–water partition coefficient (Wildman–Crippen LogP) is 22.2. The fraction of sp³-hybridized carbons (Fsp3) is 0.614. The highest BCUT2D eigenvalue weighted by molar-refractivity contribution is 7.47. The fourth-order valence-corrected chi connectivity index (χ4v) is 11.0. The van der Waals surface area contributed by atoms with E-state index < -0.39 is 97.5 Å². The summed E-state index contributed by atoms with van der Waals surface area (Å²) in [6.07, 6.45) is 86.7. The molecule has 0 aromatic rings. The molecule has 19 heteroatoms. The van der Waals surface area contributed by atoms with Gasteiger partial charge in [0.1, 0.15) is 19.3 Å². The highest BCUT2D eigenvalue weighted by atomic mass is 31.2. The molecule has 0 radical (unpaired) electrons. The quantitative estimate of drug-likeness (QED) is 0.0169. The van der Waals surface area contributed by atoms with E-state index in [1.54, 1.807) is 0 Å². The smallest absolute Gasteiger partial charge is 0.462 e. The summed E-state index contributed by atoms with van der Waals surface area (Å²) in [5.74, 6) is -2.40. The van der Waals surface area contributed by atoms with Crippen molar-refractivity contribution < 1.29 is 80.2 Å². The second-order valence-corrected chi connectivity index (χ2v) is 27.7. The van der Waals surface area contributed by atoms with Gasteiger partial charge in [0.15, 0.2) is 12.2 Å². The van der Waals surface area contributed by atoms with Crippen molar-refractivity contribution in [3.63, 3.8) is 0 Å². The van der Waals surface area contributed by atoms with Crippen molar-refractivity contribution in [3.8, 4) is 0 Å². The number of aliphatic hydroxyl groups excluding tert-OH is 1. The van der Waals surface area contributed by atoms with E-state index >= 15 is 0 Å². The lowest BCUT2D eigenvalue weighted by Crippen LogP contribution is -2.30. The second-order valence-electron chi connectivity index (χ2n) is 24.8. The number of phosphoric ester groups is 2. The number of phosphoric acid groups is 2. The van der Waals surface area contributed by atoms with Crippen molar-refractivity contribution in [2.75, 3.05) is 39.6 Å². The van der Waals surface area contributed by atoms with Gasteiger partial charge in [0.05, 0.1) is 26.4 Å². The molecule has 0 saturated heterocycles. The van der Waals surface area contributed by atoms with Gasteiger partial charge in [-0.3, -0.25) is 37.3 Å². The number of aliphatic hydroxyl groups is 1. The Morgan fingerprint density at radius 3 is 0.863 bits per heavy atom. The van der Waals surface area contributed by atoms with Gasteiger partial charge in [-0.05, 0) is 128 Å². The van der Waals surface area contributed by atoms with Crippen molar-refractivity contribution in [1.29, 1.82) is 0 Å². The Morgan fingerprint density at radius 1 is 0.284 bits per heavy atom. The Balaban J connectivity index is 5.45. The summed E-state index contributed by atoms with van der Waals surface area (Å²) in [6.45, 7) is 4.35. The standard InChI is InChI=1S/C83H134O17P2/c1-5-9-13-17-21-25-29-32-34-36-38-40-42-45-48-51-55-59-63-67-80(85)93-73-78(99-82(87)69-65-61-57-53-47-28-24-20-16-12-8-4)75-97-101(89,90)95-71-77(84)72-96-102(91,92)98-76-79(100-83(88)70-66-62-58-54-50-44-31-27-23-19-15-11-7-3)74-94-81(86)68-64-60-56-52-49-46-43-41-39-37-35-33-30-26-22-18-14-10-6-2/h9-10,13-15,19,21-22,25-27,31-35,38-41,45-46,48-49,55-56,59-60,77-79,84H,5-8,11-12,16-18,20,23-24,28-30,36-37,42-44,47,50-54,57-58,61-76H2,1-4H3,(H,89,90)(H,91,92)/b13-9-,14-10-,19-15-,25-21-,26-22-,31-27-,34-32-,35-33-,40-38-,41-39-,48-45-,49-46-,59-55-,60-56-. The first-order valence-corrected chi connectivity index (χ1v) is 41.4. The maximum atomic E-state index is 13.1. The molecule has 17 nitrogen and oxygen atoms in total. The Bertz CT molecular complexity index is 2600. The van der Waals surface area contributed by atoms with Crippen LogP contribution in [0.1, 0.15) is 272 Å². The molecule has 0 aromatic heterocycles. The number of rotatable bonds is 70. The molecule has 0 saturated carbocycles. The van der Waals surface area contributed by atoms with Crippen LogP contribution in [0.25, 0.3) is 0 Å². The number of ether oxygens (including phenoxy) is 4. The molecule has 0 aromatic carbocycles. The Hall–Kier alpha value is -5.58. The molecular weight excluding hydrogens is 1330 g/mol. The molecule has 0 fully saturated rings. The van der Waals surface area contributed by atoms with Gasteiger partial charge >= 0.3 is 39.5 Å². The van der Waals surface area contributed by atoms with Crippen molar-refractivity contribution >= 4 is 39.5 Å². The average Bonchev–Trinajstić information content (AvgIpc) is 0.907. The summed E-state index contributed by atoms with van der Waals surface area (Å²) in [6, 6.07) is 0. The maximum Gasteiger partial charge on any atom is 0.472 e. The highest BCUT2D eigenvalue weighted by Gasteiger charge is 2.30. The molecule has 0 aliphatic heterocycles. The predicted molar refractivity (Wildman–Crippen MR) is 417 cm³/mol. The highest BCUT2D eigenvalue weighted by Crippen LogP contribution is 2.45. The third kappa shape index (κ3) is 72.8. The Labute approximate surface area is 616 Å². The third-order valence-corrected chi connectivity index (χ3v) is 17.1. The molecule has 0 rings (SSSR count). The normalized spacial score (nSPS) is 14.9. The van der Waals surface area contributed by atoms with E-state index in [1.807, 2.05) is 36.5 Å². The van der Waals surface area contributed by atoms with Crippen LogP contribution in [0.2, 0.25) is 0 Å². The van der Waals surface area contributed by atoms with Crippen molar-refractivity contribution in [2.24, 2.45) is 0 Å². The summed E-state index contributed by atoms with van der Waals surface area (Å²) in [7, 11) is -10.0. The molecule has 3 N–H and O–H groups in total. The molecule has 5 unspecified atom stereocenters. The molecular formula is C83H134O17P2. The number of hydrogen-bond acceptors (Lipinski definition) is 15. The molecule has 0 heterocycles. The van der Waals surface area contributed by atoms with Gasteiger partial charge in [0, 0.05) is 25.7 Å². The summed E-state index contributed by atoms with van der Waals surface area (Å²) in [4.78, 5) is 72.8. The summed E-state index contributed by atoms with van der Waals surface area (Å²) >= 11 is 0. The monoisotopic (exact) mass is 1460 g/mol. The van der Waals surface area contributed by atoms with Gasteiger partial charge in [-0.25, -0.2) is 9.13 Å². The van der Waals surface area contributed by atoms with E-state index in [0.717, 1.165) is 141 Å². The van der Waals surface area contributed by atoms with Gasteiger partial charge in [0.2, 0.25) is 0 Å². The first kappa shape index (κ1) is 96.4. The zero-order valence-electron chi connectivity index (χ0n) is 63.0. The number of esters is 4. The molecule has 102 heavy (non-hydrogen) atoms. The topological polar surface area (TPSA) is 237 Å². The molecule has 0 aliphatic carbocycles. The molecule has 5 atom stereocenters. The van der Waals surface area contributed by atoms with Crippen LogP contribution in [0.4, 0.5) is 0 Å². The van der Waals surface area contributed by atoms with Crippen LogP contribution in [-0.2, 0) is 65.4 Å². The second kappa shape index (κ2) is 73.7.